The van der Waals surface area contributed by atoms with Crippen LogP contribution in [0.25, 0.3) is 0 Å². The minimum atomic E-state index is -0.214. The second-order valence-electron chi connectivity index (χ2n) is 4.88. The molecule has 2 aromatic rings. The first kappa shape index (κ1) is 12.2. The predicted molar refractivity (Wildman–Crippen MR) is 71.4 cm³/mol. The Morgan fingerprint density at radius 3 is 3.05 bits per heavy atom. The molecule has 1 N–H and O–H groups in total. The number of hydrogen-bond acceptors (Lipinski definition) is 3. The molecule has 0 atom stereocenters. The Morgan fingerprint density at radius 2 is 2.21 bits per heavy atom. The smallest absolute Gasteiger partial charge is 0.133 e. The van der Waals surface area contributed by atoms with E-state index in [0.717, 1.165) is 42.3 Å². The lowest BCUT2D eigenvalue weighted by molar-refractivity contribution is 0.612. The molecule has 1 aliphatic heterocycles. The second-order valence-corrected chi connectivity index (χ2v) is 4.88. The summed E-state index contributed by atoms with van der Waals surface area (Å²) in [7, 11) is 0. The Balaban J connectivity index is 1.91. The topological polar surface area (TPSA) is 37.8 Å². The van der Waals surface area contributed by atoms with Crippen LogP contribution in [0.4, 0.5) is 4.39 Å². The first-order valence-electron chi connectivity index (χ1n) is 6.53. The maximum atomic E-state index is 13.2. The van der Waals surface area contributed by atoms with Crippen molar-refractivity contribution in [1.82, 2.24) is 15.3 Å². The molecule has 0 saturated heterocycles. The highest BCUT2D eigenvalue weighted by Gasteiger charge is 2.15. The van der Waals surface area contributed by atoms with E-state index in [-0.39, 0.29) is 5.82 Å². The maximum Gasteiger partial charge on any atom is 0.133 e. The van der Waals surface area contributed by atoms with Crippen molar-refractivity contribution in [2.45, 2.75) is 26.3 Å². The molecule has 0 bridgehead atoms. The van der Waals surface area contributed by atoms with Gasteiger partial charge in [0.15, 0.2) is 0 Å². The van der Waals surface area contributed by atoms with E-state index in [1.165, 1.54) is 17.7 Å². The first-order chi connectivity index (χ1) is 9.22. The molecule has 2 heterocycles. The lowest BCUT2D eigenvalue weighted by atomic mass is 10.0. The van der Waals surface area contributed by atoms with E-state index < -0.39 is 0 Å². The van der Waals surface area contributed by atoms with Crippen molar-refractivity contribution in [1.29, 1.82) is 0 Å². The van der Waals surface area contributed by atoms with E-state index >= 15 is 0 Å². The average molecular weight is 257 g/mol. The molecule has 3 nitrogen and oxygen atoms in total. The van der Waals surface area contributed by atoms with Crippen LogP contribution in [0.15, 0.2) is 24.3 Å². The first-order valence-corrected chi connectivity index (χ1v) is 6.53. The lowest BCUT2D eigenvalue weighted by Gasteiger charge is -2.18. The molecule has 0 unspecified atom stereocenters. The van der Waals surface area contributed by atoms with Gasteiger partial charge in [-0.3, -0.25) is 0 Å². The van der Waals surface area contributed by atoms with E-state index in [2.05, 4.69) is 15.3 Å². The van der Waals surface area contributed by atoms with Crippen LogP contribution < -0.4 is 5.32 Å². The number of halogens is 1. The zero-order chi connectivity index (χ0) is 13.2. The van der Waals surface area contributed by atoms with Crippen LogP contribution >= 0.6 is 0 Å². The molecule has 1 aromatic carbocycles. The van der Waals surface area contributed by atoms with Gasteiger partial charge in [0.05, 0.1) is 5.69 Å². The van der Waals surface area contributed by atoms with Crippen molar-refractivity contribution in [2.24, 2.45) is 0 Å². The molecule has 98 valence electrons. The Hall–Kier alpha value is -1.81. The van der Waals surface area contributed by atoms with Crippen molar-refractivity contribution < 1.29 is 4.39 Å². The zero-order valence-electron chi connectivity index (χ0n) is 10.9. The summed E-state index contributed by atoms with van der Waals surface area (Å²) < 4.78 is 13.2. The minimum Gasteiger partial charge on any atom is -0.311 e. The van der Waals surface area contributed by atoms with E-state index in [9.17, 15) is 4.39 Å². The molecule has 1 aliphatic rings. The van der Waals surface area contributed by atoms with Gasteiger partial charge in [-0.15, -0.1) is 0 Å². The quantitative estimate of drug-likeness (QED) is 0.896. The van der Waals surface area contributed by atoms with Crippen LogP contribution in [0.5, 0.6) is 0 Å². The molecule has 0 saturated carbocycles. The third-order valence-corrected chi connectivity index (χ3v) is 3.44. The minimum absolute atomic E-state index is 0.214. The highest BCUT2D eigenvalue weighted by Crippen LogP contribution is 2.16. The molecular weight excluding hydrogens is 241 g/mol. The molecule has 3 rings (SSSR count). The number of aryl methyl sites for hydroxylation is 1. The molecular formula is C15H16FN3. The number of hydrogen-bond donors (Lipinski definition) is 1. The summed E-state index contributed by atoms with van der Waals surface area (Å²) in [5.41, 5.74) is 4.31. The Morgan fingerprint density at radius 1 is 1.32 bits per heavy atom. The van der Waals surface area contributed by atoms with Gasteiger partial charge >= 0.3 is 0 Å². The third kappa shape index (κ3) is 2.63. The van der Waals surface area contributed by atoms with Crippen molar-refractivity contribution in [3.05, 3.63) is 58.4 Å². The summed E-state index contributed by atoms with van der Waals surface area (Å²) >= 11 is 0. The zero-order valence-corrected chi connectivity index (χ0v) is 10.9. The van der Waals surface area contributed by atoms with Gasteiger partial charge in [-0.05, 0) is 43.1 Å². The fourth-order valence-corrected chi connectivity index (χ4v) is 2.52. The van der Waals surface area contributed by atoms with Gasteiger partial charge in [0.25, 0.3) is 0 Å². The number of nitrogens with one attached hydrogen (secondary N) is 1. The van der Waals surface area contributed by atoms with Crippen LogP contribution in [0, 0.1) is 12.7 Å². The fraction of sp³-hybridized carbons (Fsp3) is 0.333. The Labute approximate surface area is 111 Å². The molecule has 0 aliphatic carbocycles. The van der Waals surface area contributed by atoms with Gasteiger partial charge in [-0.25, -0.2) is 14.4 Å². The van der Waals surface area contributed by atoms with Crippen molar-refractivity contribution in [3.63, 3.8) is 0 Å². The Kier molecular flexibility index (Phi) is 3.25. The molecule has 0 amide bonds. The van der Waals surface area contributed by atoms with Gasteiger partial charge in [0.2, 0.25) is 0 Å². The molecule has 19 heavy (non-hydrogen) atoms. The van der Waals surface area contributed by atoms with Crippen LogP contribution in [0.3, 0.4) is 0 Å². The normalized spacial score (nSPS) is 14.2. The number of rotatable bonds is 2. The van der Waals surface area contributed by atoms with Gasteiger partial charge in [0, 0.05) is 18.7 Å². The summed E-state index contributed by atoms with van der Waals surface area (Å²) in [6.45, 7) is 3.82. The summed E-state index contributed by atoms with van der Waals surface area (Å²) in [4.78, 5) is 9.15. The summed E-state index contributed by atoms with van der Waals surface area (Å²) in [5, 5.41) is 3.32. The van der Waals surface area contributed by atoms with Crippen LogP contribution in [0.2, 0.25) is 0 Å². The van der Waals surface area contributed by atoms with E-state index in [0.29, 0.717) is 6.42 Å². The molecule has 4 heteroatoms. The van der Waals surface area contributed by atoms with E-state index in [4.69, 9.17) is 0 Å². The van der Waals surface area contributed by atoms with E-state index in [1.807, 2.05) is 13.0 Å². The number of fused-ring (bicyclic) bond motifs is 1. The summed E-state index contributed by atoms with van der Waals surface area (Å²) in [5.74, 6) is 0.555. The van der Waals surface area contributed by atoms with Crippen molar-refractivity contribution in [3.8, 4) is 0 Å². The highest BCUT2D eigenvalue weighted by molar-refractivity contribution is 5.29. The van der Waals surface area contributed by atoms with Gasteiger partial charge in [-0.2, -0.15) is 0 Å². The number of benzene rings is 1. The number of aromatic nitrogens is 2. The van der Waals surface area contributed by atoms with Gasteiger partial charge < -0.3 is 5.32 Å². The lowest BCUT2D eigenvalue weighted by Crippen LogP contribution is -2.26. The van der Waals surface area contributed by atoms with Crippen LogP contribution in [0.1, 0.15) is 28.3 Å². The van der Waals surface area contributed by atoms with Crippen LogP contribution in [-0.2, 0) is 19.4 Å². The van der Waals surface area contributed by atoms with Crippen molar-refractivity contribution in [2.75, 3.05) is 6.54 Å². The maximum absolute atomic E-state index is 13.2. The number of nitrogens with zero attached hydrogens (tertiary/aromatic N) is 2. The standard InChI is InChI=1S/C15H16FN3/c1-10-13-5-6-17-9-14(13)19-15(18-10)8-11-3-2-4-12(16)7-11/h2-4,7,17H,5-6,8-9H2,1H3. The molecule has 0 radical (unpaired) electrons. The fourth-order valence-electron chi connectivity index (χ4n) is 2.52. The summed E-state index contributed by atoms with van der Waals surface area (Å²) in [6, 6.07) is 6.61. The predicted octanol–water partition coefficient (Wildman–Crippen LogP) is 2.16. The van der Waals surface area contributed by atoms with Crippen molar-refractivity contribution >= 4 is 0 Å². The Bertz CT molecular complexity index is 610. The van der Waals surface area contributed by atoms with Crippen LogP contribution in [-0.4, -0.2) is 16.5 Å². The largest absolute Gasteiger partial charge is 0.311 e. The van der Waals surface area contributed by atoms with Gasteiger partial charge in [0.1, 0.15) is 11.6 Å². The third-order valence-electron chi connectivity index (χ3n) is 3.44. The van der Waals surface area contributed by atoms with Gasteiger partial charge in [-0.1, -0.05) is 12.1 Å². The average Bonchev–Trinajstić information content (AvgIpc) is 2.39. The summed E-state index contributed by atoms with van der Waals surface area (Å²) in [6.07, 6.45) is 1.56. The SMILES string of the molecule is Cc1nc(Cc2cccc(F)c2)nc2c1CCNC2. The molecule has 1 aromatic heterocycles. The van der Waals surface area contributed by atoms with E-state index in [1.54, 1.807) is 6.07 Å². The second kappa shape index (κ2) is 5.05. The monoisotopic (exact) mass is 257 g/mol. The molecule has 0 fully saturated rings. The molecule has 0 spiro atoms. The highest BCUT2D eigenvalue weighted by atomic mass is 19.1.